The van der Waals surface area contributed by atoms with E-state index < -0.39 is 0 Å². The van der Waals surface area contributed by atoms with E-state index in [1.807, 2.05) is 37.6 Å². The van der Waals surface area contributed by atoms with Gasteiger partial charge in [-0.2, -0.15) is 0 Å². The van der Waals surface area contributed by atoms with Crippen LogP contribution in [0.4, 0.5) is 5.00 Å². The van der Waals surface area contributed by atoms with E-state index in [1.54, 1.807) is 16.2 Å². The predicted octanol–water partition coefficient (Wildman–Crippen LogP) is 2.79. The fourth-order valence-electron chi connectivity index (χ4n) is 1.37. The highest BCUT2D eigenvalue weighted by molar-refractivity contribution is 7.22. The highest BCUT2D eigenvalue weighted by Gasteiger charge is 2.07. The van der Waals surface area contributed by atoms with Gasteiger partial charge in [0.1, 0.15) is 0 Å². The van der Waals surface area contributed by atoms with Gasteiger partial charge >= 0.3 is 6.41 Å². The number of anilines is 1. The van der Waals surface area contributed by atoms with Crippen molar-refractivity contribution < 1.29 is 4.79 Å². The van der Waals surface area contributed by atoms with Crippen LogP contribution in [-0.2, 0) is 4.79 Å². The third kappa shape index (κ3) is 1.51. The van der Waals surface area contributed by atoms with Crippen LogP contribution in [0.5, 0.6) is 0 Å². The molecule has 1 heterocycles. The molecule has 0 aliphatic carbocycles. The molecule has 0 bridgehead atoms. The molecule has 1 aromatic heterocycles. The Labute approximate surface area is 86.8 Å². The zero-order valence-corrected chi connectivity index (χ0v) is 8.67. The second kappa shape index (κ2) is 3.80. The van der Waals surface area contributed by atoms with Crippen LogP contribution in [0.3, 0.4) is 0 Å². The first-order valence-electron chi connectivity index (χ1n) is 4.49. The molecule has 1 aromatic carbocycles. The first kappa shape index (κ1) is 9.21. The van der Waals surface area contributed by atoms with Crippen LogP contribution >= 0.6 is 11.3 Å². The second-order valence-electron chi connectivity index (χ2n) is 2.96. The molecule has 0 aliphatic rings. The van der Waals surface area contributed by atoms with Crippen LogP contribution in [0.2, 0.25) is 0 Å². The molecule has 1 radical (unpaired) electrons. The number of fused-ring (bicyclic) bond motifs is 1. The molecule has 2 aromatic rings. The first-order chi connectivity index (χ1) is 6.85. The van der Waals surface area contributed by atoms with Gasteiger partial charge in [-0.1, -0.05) is 18.2 Å². The third-order valence-corrected chi connectivity index (χ3v) is 3.24. The van der Waals surface area contributed by atoms with E-state index in [9.17, 15) is 4.79 Å². The molecule has 0 atom stereocenters. The van der Waals surface area contributed by atoms with Gasteiger partial charge in [-0.15, -0.1) is 11.3 Å². The van der Waals surface area contributed by atoms with Crippen LogP contribution < -0.4 is 4.90 Å². The summed E-state index contributed by atoms with van der Waals surface area (Å²) in [6, 6.07) is 10.1. The minimum atomic E-state index is 0.663. The molecule has 14 heavy (non-hydrogen) atoms. The van der Waals surface area contributed by atoms with Gasteiger partial charge < -0.3 is 0 Å². The Kier molecular flexibility index (Phi) is 2.50. The van der Waals surface area contributed by atoms with Crippen molar-refractivity contribution in [1.82, 2.24) is 0 Å². The lowest BCUT2D eigenvalue weighted by molar-refractivity contribution is 0.552. The smallest absolute Gasteiger partial charge is 0.296 e. The van der Waals surface area contributed by atoms with Crippen LogP contribution in [0.1, 0.15) is 6.92 Å². The number of hydrogen-bond acceptors (Lipinski definition) is 2. The molecule has 0 unspecified atom stereocenters. The van der Waals surface area contributed by atoms with Crippen molar-refractivity contribution in [2.45, 2.75) is 6.92 Å². The maximum absolute atomic E-state index is 10.6. The molecule has 0 saturated heterocycles. The van der Waals surface area contributed by atoms with Crippen molar-refractivity contribution in [1.29, 1.82) is 0 Å². The van der Waals surface area contributed by atoms with Crippen molar-refractivity contribution >= 4 is 32.8 Å². The summed E-state index contributed by atoms with van der Waals surface area (Å²) in [5.41, 5.74) is 0. The van der Waals surface area contributed by atoms with E-state index in [4.69, 9.17) is 0 Å². The highest BCUT2D eigenvalue weighted by Crippen LogP contribution is 2.31. The van der Waals surface area contributed by atoms with Crippen LogP contribution in [0, 0.1) is 0 Å². The Bertz CT molecular complexity index is 416. The summed E-state index contributed by atoms with van der Waals surface area (Å²) >= 11 is 1.62. The topological polar surface area (TPSA) is 20.3 Å². The molecule has 0 aliphatic heterocycles. The number of carbonyl (C=O) groups excluding carboxylic acids is 1. The molecule has 0 fully saturated rings. The van der Waals surface area contributed by atoms with Crippen LogP contribution in [0.15, 0.2) is 30.3 Å². The number of benzene rings is 1. The van der Waals surface area contributed by atoms with Gasteiger partial charge in [0, 0.05) is 11.2 Å². The Morgan fingerprint density at radius 1 is 1.43 bits per heavy atom. The third-order valence-electron chi connectivity index (χ3n) is 2.10. The van der Waals surface area contributed by atoms with Crippen molar-refractivity contribution in [3.05, 3.63) is 30.3 Å². The van der Waals surface area contributed by atoms with Gasteiger partial charge in [0.15, 0.2) is 0 Å². The Hall–Kier alpha value is -1.35. The standard InChI is InChI=1S/C11H10NOS/c1-2-12(8-13)11-7-9-5-3-4-6-10(9)14-11/h3-7H,2H2,1H3. The summed E-state index contributed by atoms with van der Waals surface area (Å²) in [5, 5.41) is 2.14. The molecule has 0 N–H and O–H groups in total. The summed E-state index contributed by atoms with van der Waals surface area (Å²) in [7, 11) is 0. The van der Waals surface area contributed by atoms with E-state index in [0.717, 1.165) is 5.00 Å². The average Bonchev–Trinajstić information content (AvgIpc) is 2.63. The summed E-state index contributed by atoms with van der Waals surface area (Å²) < 4.78 is 1.20. The van der Waals surface area contributed by atoms with Gasteiger partial charge in [-0.05, 0) is 24.4 Å². The summed E-state index contributed by atoms with van der Waals surface area (Å²) in [6.07, 6.45) is 1.92. The van der Waals surface area contributed by atoms with Crippen molar-refractivity contribution in [2.75, 3.05) is 11.4 Å². The first-order valence-corrected chi connectivity index (χ1v) is 5.30. The summed E-state index contributed by atoms with van der Waals surface area (Å²) in [4.78, 5) is 12.2. The summed E-state index contributed by atoms with van der Waals surface area (Å²) in [6.45, 7) is 2.60. The van der Waals surface area contributed by atoms with E-state index in [-0.39, 0.29) is 0 Å². The van der Waals surface area contributed by atoms with E-state index in [0.29, 0.717) is 6.54 Å². The number of hydrogen-bond donors (Lipinski definition) is 0. The van der Waals surface area contributed by atoms with Gasteiger partial charge in [0.25, 0.3) is 0 Å². The predicted molar refractivity (Wildman–Crippen MR) is 60.5 cm³/mol. The zero-order chi connectivity index (χ0) is 9.97. The number of amides is 1. The quantitative estimate of drug-likeness (QED) is 0.704. The SMILES string of the molecule is CCN([C]=O)c1cc2ccccc2s1. The molecular weight excluding hydrogens is 194 g/mol. The molecule has 1 amide bonds. The van der Waals surface area contributed by atoms with Gasteiger partial charge in [0.2, 0.25) is 0 Å². The lowest BCUT2D eigenvalue weighted by Gasteiger charge is -2.08. The Morgan fingerprint density at radius 2 is 2.21 bits per heavy atom. The number of thiophene rings is 1. The van der Waals surface area contributed by atoms with E-state index in [2.05, 4.69) is 6.07 Å². The normalized spacial score (nSPS) is 10.4. The van der Waals surface area contributed by atoms with Gasteiger partial charge in [0.05, 0.1) is 5.00 Å². The second-order valence-corrected chi connectivity index (χ2v) is 4.02. The molecule has 0 spiro atoms. The fraction of sp³-hybridized carbons (Fsp3) is 0.182. The van der Waals surface area contributed by atoms with Crippen LogP contribution in [0.25, 0.3) is 10.1 Å². The summed E-state index contributed by atoms with van der Waals surface area (Å²) in [5.74, 6) is 0. The fourth-order valence-corrected chi connectivity index (χ4v) is 2.45. The number of nitrogens with zero attached hydrogens (tertiary/aromatic N) is 1. The largest absolute Gasteiger partial charge is 0.317 e. The maximum atomic E-state index is 10.6. The molecule has 2 rings (SSSR count). The van der Waals surface area contributed by atoms with Crippen molar-refractivity contribution in [2.24, 2.45) is 0 Å². The van der Waals surface area contributed by atoms with E-state index in [1.165, 1.54) is 10.1 Å². The average molecular weight is 204 g/mol. The minimum absolute atomic E-state index is 0.663. The molecule has 0 saturated carbocycles. The lowest BCUT2D eigenvalue weighted by atomic mass is 10.3. The Morgan fingerprint density at radius 3 is 2.86 bits per heavy atom. The molecule has 71 valence electrons. The van der Waals surface area contributed by atoms with Crippen LogP contribution in [-0.4, -0.2) is 13.0 Å². The van der Waals surface area contributed by atoms with Crippen molar-refractivity contribution in [3.63, 3.8) is 0 Å². The monoisotopic (exact) mass is 204 g/mol. The Balaban J connectivity index is 2.48. The van der Waals surface area contributed by atoms with Gasteiger partial charge in [-0.25, -0.2) is 0 Å². The molecule has 2 nitrogen and oxygen atoms in total. The minimum Gasteiger partial charge on any atom is -0.296 e. The van der Waals surface area contributed by atoms with Gasteiger partial charge in [-0.3, -0.25) is 9.69 Å². The number of rotatable bonds is 3. The maximum Gasteiger partial charge on any atom is 0.317 e. The zero-order valence-electron chi connectivity index (χ0n) is 7.86. The highest BCUT2D eigenvalue weighted by atomic mass is 32.1. The molecular formula is C11H10NOS. The lowest BCUT2D eigenvalue weighted by Crippen LogP contribution is -2.18. The van der Waals surface area contributed by atoms with Crippen molar-refractivity contribution in [3.8, 4) is 0 Å². The van der Waals surface area contributed by atoms with E-state index >= 15 is 0 Å². The molecule has 3 heteroatoms.